The van der Waals surface area contributed by atoms with Gasteiger partial charge in [-0.15, -0.1) is 0 Å². The van der Waals surface area contributed by atoms with E-state index in [1.807, 2.05) is 30.3 Å². The Balaban J connectivity index is 1.18. The van der Waals surface area contributed by atoms with Gasteiger partial charge in [0.05, 0.1) is 24.3 Å². The van der Waals surface area contributed by atoms with Gasteiger partial charge in [0.25, 0.3) is 5.56 Å². The highest BCUT2D eigenvalue weighted by Gasteiger charge is 2.46. The Bertz CT molecular complexity index is 1520. The third-order valence-corrected chi connectivity index (χ3v) is 7.97. The number of aliphatic hydroxyl groups excluding tert-OH is 1. The molecular weight excluding hydrogens is 560 g/mol. The fraction of sp³-hybridized carbons (Fsp3) is 0.367. The van der Waals surface area contributed by atoms with Gasteiger partial charge < -0.3 is 20.5 Å². The number of nitrogens with zero attached hydrogens (tertiary/aromatic N) is 3. The predicted octanol–water partition coefficient (Wildman–Crippen LogP) is 3.96. The molecule has 0 radical (unpaired) electrons. The van der Waals surface area contributed by atoms with Crippen molar-refractivity contribution in [2.24, 2.45) is 4.99 Å². The average molecular weight is 593 g/mol. The summed E-state index contributed by atoms with van der Waals surface area (Å²) in [5.74, 6) is -0.226. The molecule has 1 saturated carbocycles. The van der Waals surface area contributed by atoms with E-state index in [0.717, 1.165) is 30.4 Å². The molecule has 1 aromatic heterocycles. The van der Waals surface area contributed by atoms with E-state index in [1.54, 1.807) is 31.2 Å². The Morgan fingerprint density at radius 3 is 2.57 bits per heavy atom. The molecule has 0 spiro atoms. The maximum atomic E-state index is 13.4. The average Bonchev–Trinajstić information content (AvgIpc) is 3.30. The molecule has 12 heteroatoms. The maximum Gasteiger partial charge on any atom is 0.412 e. The van der Waals surface area contributed by atoms with Crippen LogP contribution in [0.15, 0.2) is 64.4 Å². The zero-order valence-electron chi connectivity index (χ0n) is 23.2. The topological polar surface area (TPSA) is 147 Å². The first-order valence-electron chi connectivity index (χ1n) is 13.8. The summed E-state index contributed by atoms with van der Waals surface area (Å²) in [6.45, 7) is 1.86. The molecule has 4 N–H and O–H groups in total. The number of aliphatic hydroxyl groups is 1. The standard InChI is InChI=1S/C30H33ClN6O5/c1-30(17-38)14-23(37-24(30)25(31)36-26(28(37)40)35-22-8-5-9-22)27(39)32-15-19-10-12-21(13-11-19)33-18-34-29(41)42-16-20-6-3-2-4-7-20/h2-4,6-7,10-13,18,22-23,38H,5,8-9,14-17H2,1H3,(H,32,39)(H,35,36)(H,33,34,41)/t23-,30-/m0/s1. The van der Waals surface area contributed by atoms with E-state index in [2.05, 4.69) is 25.9 Å². The van der Waals surface area contributed by atoms with Crippen molar-refractivity contribution in [2.75, 3.05) is 11.9 Å². The molecule has 220 valence electrons. The Kier molecular flexibility index (Phi) is 8.89. The van der Waals surface area contributed by atoms with Gasteiger partial charge in [0.15, 0.2) is 11.0 Å². The lowest BCUT2D eigenvalue weighted by Crippen LogP contribution is -2.38. The molecule has 1 fully saturated rings. The Morgan fingerprint density at radius 1 is 1.17 bits per heavy atom. The molecule has 0 saturated heterocycles. The number of aromatic nitrogens is 2. The zero-order chi connectivity index (χ0) is 29.7. The minimum Gasteiger partial charge on any atom is -0.444 e. The Hall–Kier alpha value is -4.22. The van der Waals surface area contributed by atoms with E-state index in [9.17, 15) is 19.5 Å². The summed E-state index contributed by atoms with van der Waals surface area (Å²) >= 11 is 6.51. The van der Waals surface area contributed by atoms with E-state index < -0.39 is 23.1 Å². The number of anilines is 1. The molecule has 2 aromatic carbocycles. The number of hydrogen-bond acceptors (Lipinski definition) is 8. The number of fused-ring (bicyclic) bond motifs is 1. The fourth-order valence-electron chi connectivity index (χ4n) is 5.09. The van der Waals surface area contributed by atoms with Crippen molar-refractivity contribution in [3.05, 3.63) is 86.9 Å². The monoisotopic (exact) mass is 592 g/mol. The van der Waals surface area contributed by atoms with Crippen molar-refractivity contribution >= 4 is 41.4 Å². The van der Waals surface area contributed by atoms with Crippen LogP contribution >= 0.6 is 11.6 Å². The Morgan fingerprint density at radius 2 is 1.90 bits per heavy atom. The second-order valence-corrected chi connectivity index (χ2v) is 11.2. The molecule has 0 bridgehead atoms. The van der Waals surface area contributed by atoms with Crippen molar-refractivity contribution < 1.29 is 19.4 Å². The second-order valence-electron chi connectivity index (χ2n) is 10.8. The molecule has 2 amide bonds. The number of halogens is 1. The number of carbonyl (C=O) groups is 2. The Labute approximate surface area is 248 Å². The third-order valence-electron chi connectivity index (χ3n) is 7.70. The largest absolute Gasteiger partial charge is 0.444 e. The summed E-state index contributed by atoms with van der Waals surface area (Å²) in [6, 6.07) is 15.8. The fourth-order valence-corrected chi connectivity index (χ4v) is 5.49. The van der Waals surface area contributed by atoms with E-state index >= 15 is 0 Å². The number of aliphatic imine (C=N–C) groups is 1. The minimum absolute atomic E-state index is 0.110. The second kappa shape index (κ2) is 12.7. The lowest BCUT2D eigenvalue weighted by Gasteiger charge is -2.27. The normalized spacial score (nSPS) is 19.6. The van der Waals surface area contributed by atoms with Gasteiger partial charge in [-0.05, 0) is 48.9 Å². The molecule has 0 unspecified atom stereocenters. The molecule has 2 heterocycles. The maximum absolute atomic E-state index is 13.4. The smallest absolute Gasteiger partial charge is 0.412 e. The summed E-state index contributed by atoms with van der Waals surface area (Å²) in [4.78, 5) is 47.1. The van der Waals surface area contributed by atoms with Crippen LogP contribution < -0.4 is 21.5 Å². The molecule has 2 aliphatic rings. The van der Waals surface area contributed by atoms with Crippen LogP contribution in [0.25, 0.3) is 0 Å². The van der Waals surface area contributed by atoms with Crippen LogP contribution in [0.4, 0.5) is 16.3 Å². The minimum atomic E-state index is -0.887. The molecule has 42 heavy (non-hydrogen) atoms. The van der Waals surface area contributed by atoms with Gasteiger partial charge >= 0.3 is 6.09 Å². The van der Waals surface area contributed by atoms with Crippen LogP contribution in [-0.4, -0.2) is 45.6 Å². The van der Waals surface area contributed by atoms with E-state index in [-0.39, 0.29) is 49.1 Å². The summed E-state index contributed by atoms with van der Waals surface area (Å²) in [5, 5.41) is 18.8. The van der Waals surface area contributed by atoms with Crippen molar-refractivity contribution in [3.8, 4) is 0 Å². The summed E-state index contributed by atoms with van der Waals surface area (Å²) in [5.41, 5.74) is 1.35. The molecule has 5 rings (SSSR count). The number of nitrogens with one attached hydrogen (secondary N) is 3. The first-order valence-corrected chi connectivity index (χ1v) is 14.2. The first kappa shape index (κ1) is 29.3. The van der Waals surface area contributed by atoms with Crippen molar-refractivity contribution in [3.63, 3.8) is 0 Å². The zero-order valence-corrected chi connectivity index (χ0v) is 23.9. The molecule has 1 aliphatic carbocycles. The highest BCUT2D eigenvalue weighted by molar-refractivity contribution is 6.30. The van der Waals surface area contributed by atoms with Crippen molar-refractivity contribution in [1.82, 2.24) is 20.2 Å². The number of amides is 2. The van der Waals surface area contributed by atoms with Gasteiger partial charge in [-0.1, -0.05) is 61.0 Å². The van der Waals surface area contributed by atoms with Gasteiger partial charge in [-0.25, -0.2) is 14.8 Å². The van der Waals surface area contributed by atoms with Crippen molar-refractivity contribution in [1.29, 1.82) is 0 Å². The number of rotatable bonds is 10. The van der Waals surface area contributed by atoms with Gasteiger partial charge in [0.2, 0.25) is 5.91 Å². The predicted molar refractivity (Wildman–Crippen MR) is 159 cm³/mol. The van der Waals surface area contributed by atoms with Crippen LogP contribution in [0.5, 0.6) is 0 Å². The molecule has 3 aromatic rings. The summed E-state index contributed by atoms with van der Waals surface area (Å²) < 4.78 is 6.52. The third kappa shape index (κ3) is 6.47. The van der Waals surface area contributed by atoms with E-state index in [1.165, 1.54) is 10.9 Å². The van der Waals surface area contributed by atoms with Crippen LogP contribution in [0.3, 0.4) is 0 Å². The molecular formula is C30H33ClN6O5. The van der Waals surface area contributed by atoms with Crippen LogP contribution in [0, 0.1) is 0 Å². The molecule has 2 atom stereocenters. The van der Waals surface area contributed by atoms with Crippen LogP contribution in [-0.2, 0) is 28.1 Å². The van der Waals surface area contributed by atoms with Gasteiger partial charge in [0, 0.05) is 18.0 Å². The van der Waals surface area contributed by atoms with E-state index in [4.69, 9.17) is 16.3 Å². The quantitative estimate of drug-likeness (QED) is 0.206. The van der Waals surface area contributed by atoms with E-state index in [0.29, 0.717) is 11.4 Å². The van der Waals surface area contributed by atoms with Gasteiger partial charge in [0.1, 0.15) is 12.6 Å². The SMILES string of the molecule is C[C@@]1(CO)C[C@@H](C(=O)NCc2ccc(N=CNC(=O)OCc3ccccc3)cc2)n2c1c(Cl)nc(NC1CCC1)c2=O. The number of alkyl carbamates (subject to hydrolysis) is 1. The highest BCUT2D eigenvalue weighted by atomic mass is 35.5. The number of benzene rings is 2. The van der Waals surface area contributed by atoms with Gasteiger partial charge in [-0.2, -0.15) is 0 Å². The number of carbonyl (C=O) groups excluding carboxylic acids is 2. The van der Waals surface area contributed by atoms with Gasteiger partial charge in [-0.3, -0.25) is 19.5 Å². The lowest BCUT2D eigenvalue weighted by molar-refractivity contribution is -0.124. The number of ether oxygens (including phenoxy) is 1. The van der Waals surface area contributed by atoms with Crippen molar-refractivity contribution in [2.45, 2.75) is 63.3 Å². The molecule has 1 aliphatic heterocycles. The first-order chi connectivity index (χ1) is 20.3. The lowest BCUT2D eigenvalue weighted by atomic mass is 9.85. The van der Waals surface area contributed by atoms with Crippen LogP contribution in [0.1, 0.15) is 55.5 Å². The summed E-state index contributed by atoms with van der Waals surface area (Å²) in [6.07, 6.45) is 3.83. The number of hydrogen-bond donors (Lipinski definition) is 4. The van der Waals surface area contributed by atoms with Crippen LogP contribution in [0.2, 0.25) is 5.15 Å². The summed E-state index contributed by atoms with van der Waals surface area (Å²) in [7, 11) is 0. The highest BCUT2D eigenvalue weighted by Crippen LogP contribution is 2.43. The molecule has 11 nitrogen and oxygen atoms in total.